The quantitative estimate of drug-likeness (QED) is 0.935. The third-order valence-electron chi connectivity index (χ3n) is 4.47. The van der Waals surface area contributed by atoms with Gasteiger partial charge in [-0.25, -0.2) is 9.97 Å². The number of aromatic nitrogens is 3. The van der Waals surface area contributed by atoms with E-state index in [4.69, 9.17) is 4.74 Å². The Morgan fingerprint density at radius 3 is 2.86 bits per heavy atom. The average Bonchev–Trinajstić information content (AvgIpc) is 2.55. The first kappa shape index (κ1) is 14.2. The molecule has 0 aromatic carbocycles. The second-order valence-electron chi connectivity index (χ2n) is 5.67. The molecular weight excluding hydrogens is 264 g/mol. The summed E-state index contributed by atoms with van der Waals surface area (Å²) in [4.78, 5) is 13.0. The molecule has 3 rings (SSSR count). The van der Waals surface area contributed by atoms with Crippen LogP contribution in [0.2, 0.25) is 0 Å². The van der Waals surface area contributed by atoms with Gasteiger partial charge in [-0.1, -0.05) is 13.8 Å². The van der Waals surface area contributed by atoms with Gasteiger partial charge in [-0.3, -0.25) is 4.98 Å². The summed E-state index contributed by atoms with van der Waals surface area (Å²) in [6, 6.07) is 4.34. The SMILES string of the molecule is CCC1(CC)CC(Nc2ccc3nccnc3n2)CCO1. The highest BCUT2D eigenvalue weighted by molar-refractivity contribution is 5.71. The van der Waals surface area contributed by atoms with Crippen LogP contribution in [0.4, 0.5) is 5.82 Å². The van der Waals surface area contributed by atoms with Crippen molar-refractivity contribution >= 4 is 17.0 Å². The molecule has 3 heterocycles. The van der Waals surface area contributed by atoms with E-state index in [2.05, 4.69) is 34.1 Å². The van der Waals surface area contributed by atoms with Crippen LogP contribution in [-0.4, -0.2) is 33.2 Å². The topological polar surface area (TPSA) is 59.9 Å². The Kier molecular flexibility index (Phi) is 4.01. The van der Waals surface area contributed by atoms with Crippen LogP contribution in [0, 0.1) is 0 Å². The lowest BCUT2D eigenvalue weighted by atomic mass is 9.86. The molecule has 5 heteroatoms. The molecule has 2 aromatic rings. The molecule has 1 fully saturated rings. The van der Waals surface area contributed by atoms with Gasteiger partial charge in [-0.2, -0.15) is 0 Å². The van der Waals surface area contributed by atoms with Crippen molar-refractivity contribution in [1.29, 1.82) is 0 Å². The van der Waals surface area contributed by atoms with Gasteiger partial charge in [0.2, 0.25) is 0 Å². The van der Waals surface area contributed by atoms with Crippen molar-refractivity contribution in [3.8, 4) is 0 Å². The Hall–Kier alpha value is -1.75. The normalized spacial score (nSPS) is 21.3. The Morgan fingerprint density at radius 1 is 1.24 bits per heavy atom. The number of rotatable bonds is 4. The molecule has 5 nitrogen and oxygen atoms in total. The van der Waals surface area contributed by atoms with Crippen molar-refractivity contribution in [3.63, 3.8) is 0 Å². The maximum atomic E-state index is 6.02. The number of nitrogens with zero attached hydrogens (tertiary/aromatic N) is 3. The summed E-state index contributed by atoms with van der Waals surface area (Å²) >= 11 is 0. The highest BCUT2D eigenvalue weighted by Crippen LogP contribution is 2.32. The van der Waals surface area contributed by atoms with Gasteiger partial charge in [0.1, 0.15) is 11.3 Å². The van der Waals surface area contributed by atoms with Crippen molar-refractivity contribution in [2.24, 2.45) is 0 Å². The van der Waals surface area contributed by atoms with E-state index >= 15 is 0 Å². The van der Waals surface area contributed by atoms with Gasteiger partial charge < -0.3 is 10.1 Å². The summed E-state index contributed by atoms with van der Waals surface area (Å²) in [5.41, 5.74) is 1.53. The number of ether oxygens (including phenoxy) is 1. The van der Waals surface area contributed by atoms with Crippen LogP contribution in [0.5, 0.6) is 0 Å². The minimum atomic E-state index is 0.0204. The van der Waals surface area contributed by atoms with Crippen molar-refractivity contribution in [2.45, 2.75) is 51.2 Å². The molecule has 0 amide bonds. The predicted octanol–water partition coefficient (Wildman–Crippen LogP) is 3.17. The summed E-state index contributed by atoms with van der Waals surface area (Å²) in [6.07, 6.45) is 7.51. The second kappa shape index (κ2) is 5.93. The molecule has 1 aliphatic rings. The second-order valence-corrected chi connectivity index (χ2v) is 5.67. The molecule has 0 aliphatic carbocycles. The molecule has 1 aliphatic heterocycles. The van der Waals surface area contributed by atoms with E-state index in [-0.39, 0.29) is 5.60 Å². The molecule has 0 saturated carbocycles. The number of nitrogens with one attached hydrogen (secondary N) is 1. The summed E-state index contributed by atoms with van der Waals surface area (Å²) in [6.45, 7) is 5.22. The Morgan fingerprint density at radius 2 is 2.05 bits per heavy atom. The fraction of sp³-hybridized carbons (Fsp3) is 0.562. The highest BCUT2D eigenvalue weighted by Gasteiger charge is 2.34. The summed E-state index contributed by atoms with van der Waals surface area (Å²) in [7, 11) is 0. The molecule has 1 unspecified atom stereocenters. The van der Waals surface area contributed by atoms with Gasteiger partial charge >= 0.3 is 0 Å². The average molecular weight is 286 g/mol. The van der Waals surface area contributed by atoms with Crippen LogP contribution in [0.1, 0.15) is 39.5 Å². The molecule has 0 spiro atoms. The van der Waals surface area contributed by atoms with Crippen LogP contribution in [0.25, 0.3) is 11.2 Å². The van der Waals surface area contributed by atoms with Gasteiger partial charge in [-0.15, -0.1) is 0 Å². The van der Waals surface area contributed by atoms with Crippen LogP contribution in [0.15, 0.2) is 24.5 Å². The van der Waals surface area contributed by atoms with Crippen molar-refractivity contribution in [2.75, 3.05) is 11.9 Å². The highest BCUT2D eigenvalue weighted by atomic mass is 16.5. The Balaban J connectivity index is 1.75. The predicted molar refractivity (Wildman–Crippen MR) is 83.2 cm³/mol. The zero-order chi connectivity index (χ0) is 14.7. The Bertz CT molecular complexity index is 612. The molecule has 0 bridgehead atoms. The fourth-order valence-electron chi connectivity index (χ4n) is 3.04. The maximum absolute atomic E-state index is 6.02. The summed E-state index contributed by atoms with van der Waals surface area (Å²) in [5, 5.41) is 3.54. The molecule has 0 radical (unpaired) electrons. The van der Waals surface area contributed by atoms with E-state index in [1.807, 2.05) is 12.1 Å². The van der Waals surface area contributed by atoms with Crippen molar-refractivity contribution in [1.82, 2.24) is 15.0 Å². The molecular formula is C16H22N4O. The number of fused-ring (bicyclic) bond motifs is 1. The van der Waals surface area contributed by atoms with E-state index in [0.717, 1.165) is 43.6 Å². The smallest absolute Gasteiger partial charge is 0.180 e. The molecule has 21 heavy (non-hydrogen) atoms. The monoisotopic (exact) mass is 286 g/mol. The van der Waals surface area contributed by atoms with Gasteiger partial charge in [0.25, 0.3) is 0 Å². The third kappa shape index (κ3) is 2.97. The zero-order valence-electron chi connectivity index (χ0n) is 12.7. The molecule has 2 aromatic heterocycles. The summed E-state index contributed by atoms with van der Waals surface area (Å²) < 4.78 is 6.02. The number of pyridine rings is 1. The summed E-state index contributed by atoms with van der Waals surface area (Å²) in [5.74, 6) is 0.871. The van der Waals surface area contributed by atoms with Crippen molar-refractivity contribution < 1.29 is 4.74 Å². The van der Waals surface area contributed by atoms with E-state index < -0.39 is 0 Å². The fourth-order valence-corrected chi connectivity index (χ4v) is 3.04. The van der Waals surface area contributed by atoms with Gasteiger partial charge in [-0.05, 0) is 37.8 Å². The van der Waals surface area contributed by atoms with Gasteiger partial charge in [0.05, 0.1) is 5.60 Å². The lowest BCUT2D eigenvalue weighted by Gasteiger charge is -2.40. The number of hydrogen-bond acceptors (Lipinski definition) is 5. The first-order chi connectivity index (χ1) is 10.2. The molecule has 1 N–H and O–H groups in total. The van der Waals surface area contributed by atoms with Crippen LogP contribution >= 0.6 is 0 Å². The number of hydrogen-bond donors (Lipinski definition) is 1. The first-order valence-electron chi connectivity index (χ1n) is 7.73. The van der Waals surface area contributed by atoms with Gasteiger partial charge in [0.15, 0.2) is 5.65 Å². The van der Waals surface area contributed by atoms with E-state index in [9.17, 15) is 0 Å². The standard InChI is InChI=1S/C16H22N4O/c1-3-16(4-2)11-12(7-10-21-16)19-14-6-5-13-15(20-14)18-9-8-17-13/h5-6,8-9,12H,3-4,7,10-11H2,1-2H3,(H,18,19,20). The largest absolute Gasteiger partial charge is 0.375 e. The Labute approximate surface area is 125 Å². The van der Waals surface area contributed by atoms with Crippen LogP contribution in [0.3, 0.4) is 0 Å². The number of anilines is 1. The lowest BCUT2D eigenvalue weighted by Crippen LogP contribution is -2.43. The van der Waals surface area contributed by atoms with Gasteiger partial charge in [0, 0.05) is 25.0 Å². The minimum Gasteiger partial charge on any atom is -0.375 e. The minimum absolute atomic E-state index is 0.0204. The first-order valence-corrected chi connectivity index (χ1v) is 7.73. The molecule has 112 valence electrons. The third-order valence-corrected chi connectivity index (χ3v) is 4.47. The zero-order valence-corrected chi connectivity index (χ0v) is 12.7. The lowest BCUT2D eigenvalue weighted by molar-refractivity contribution is -0.0864. The van der Waals surface area contributed by atoms with E-state index in [0.29, 0.717) is 11.7 Å². The van der Waals surface area contributed by atoms with Crippen molar-refractivity contribution in [3.05, 3.63) is 24.5 Å². The molecule has 1 atom stereocenters. The van der Waals surface area contributed by atoms with E-state index in [1.54, 1.807) is 12.4 Å². The molecule has 1 saturated heterocycles. The van der Waals surface area contributed by atoms with Crippen LogP contribution < -0.4 is 5.32 Å². The van der Waals surface area contributed by atoms with Crippen LogP contribution in [-0.2, 0) is 4.74 Å². The maximum Gasteiger partial charge on any atom is 0.180 e. The van der Waals surface area contributed by atoms with E-state index in [1.165, 1.54) is 0 Å².